The minimum absolute atomic E-state index is 0.167. The van der Waals surface area contributed by atoms with Crippen molar-refractivity contribution in [3.05, 3.63) is 77.0 Å². The van der Waals surface area contributed by atoms with Gasteiger partial charge in [-0.05, 0) is 37.1 Å². The highest BCUT2D eigenvalue weighted by molar-refractivity contribution is 5.93. The molecule has 0 aliphatic heterocycles. The van der Waals surface area contributed by atoms with Gasteiger partial charge < -0.3 is 14.6 Å². The molecule has 0 saturated carbocycles. The smallest absolute Gasteiger partial charge is 0.328 e. The number of fused-ring (bicyclic) bond motifs is 1. The average Bonchev–Trinajstić information content (AvgIpc) is 3.32. The maximum absolute atomic E-state index is 12.6. The molecule has 0 spiro atoms. The van der Waals surface area contributed by atoms with Crippen molar-refractivity contribution in [2.45, 2.75) is 26.9 Å². The molecule has 1 amide bonds. The summed E-state index contributed by atoms with van der Waals surface area (Å²) in [6, 6.07) is 19.1. The van der Waals surface area contributed by atoms with E-state index in [0.29, 0.717) is 29.0 Å². The molecule has 0 unspecified atom stereocenters. The first-order valence-corrected chi connectivity index (χ1v) is 10.4. The molecule has 0 radical (unpaired) electrons. The van der Waals surface area contributed by atoms with Crippen LogP contribution in [0.5, 0.6) is 0 Å². The van der Waals surface area contributed by atoms with Crippen LogP contribution in [0.4, 0.5) is 5.82 Å². The van der Waals surface area contributed by atoms with Crippen molar-refractivity contribution in [1.82, 2.24) is 19.6 Å². The summed E-state index contributed by atoms with van der Waals surface area (Å²) in [6.07, 6.45) is 0. The SMILES string of the molecule is Cc1c(C#N)c(NC(=O)COC(=O)Cn2nnc3ccccc32)n(Cc2ccccc2)c1C. The molecule has 9 heteroatoms. The van der Waals surface area contributed by atoms with Crippen LogP contribution in [0.25, 0.3) is 11.0 Å². The van der Waals surface area contributed by atoms with Crippen molar-refractivity contribution >= 4 is 28.7 Å². The Morgan fingerprint density at radius 2 is 1.82 bits per heavy atom. The van der Waals surface area contributed by atoms with Gasteiger partial charge in [0.25, 0.3) is 5.91 Å². The lowest BCUT2D eigenvalue weighted by Gasteiger charge is -2.13. The van der Waals surface area contributed by atoms with Crippen molar-refractivity contribution in [3.63, 3.8) is 0 Å². The van der Waals surface area contributed by atoms with Crippen LogP contribution in [-0.4, -0.2) is 38.0 Å². The Hall–Kier alpha value is -4.45. The Morgan fingerprint density at radius 1 is 1.09 bits per heavy atom. The van der Waals surface area contributed by atoms with Gasteiger partial charge in [-0.3, -0.25) is 9.59 Å². The summed E-state index contributed by atoms with van der Waals surface area (Å²) >= 11 is 0. The summed E-state index contributed by atoms with van der Waals surface area (Å²) in [4.78, 5) is 24.8. The molecule has 4 rings (SSSR count). The Labute approximate surface area is 190 Å². The largest absolute Gasteiger partial charge is 0.454 e. The number of rotatable bonds is 7. The van der Waals surface area contributed by atoms with Crippen molar-refractivity contribution in [1.29, 1.82) is 5.26 Å². The van der Waals surface area contributed by atoms with Gasteiger partial charge in [0, 0.05) is 12.2 Å². The van der Waals surface area contributed by atoms with Crippen LogP contribution in [0.3, 0.4) is 0 Å². The van der Waals surface area contributed by atoms with Gasteiger partial charge in [-0.1, -0.05) is 47.7 Å². The third-order valence-corrected chi connectivity index (χ3v) is 5.45. The number of hydrogen-bond donors (Lipinski definition) is 1. The molecule has 4 aromatic rings. The van der Waals surface area contributed by atoms with Crippen LogP contribution >= 0.6 is 0 Å². The molecule has 9 nitrogen and oxygen atoms in total. The van der Waals surface area contributed by atoms with E-state index in [9.17, 15) is 14.9 Å². The van der Waals surface area contributed by atoms with Gasteiger partial charge in [0.15, 0.2) is 6.61 Å². The van der Waals surface area contributed by atoms with Gasteiger partial charge in [0.05, 0.1) is 11.1 Å². The van der Waals surface area contributed by atoms with Gasteiger partial charge in [-0.2, -0.15) is 5.26 Å². The molecule has 2 aromatic carbocycles. The Balaban J connectivity index is 1.44. The zero-order chi connectivity index (χ0) is 23.4. The lowest BCUT2D eigenvalue weighted by molar-refractivity contribution is -0.148. The molecular formula is C24H22N6O3. The summed E-state index contributed by atoms with van der Waals surface area (Å²) in [5, 5.41) is 20.3. The molecular weight excluding hydrogens is 420 g/mol. The number of nitriles is 1. The van der Waals surface area contributed by atoms with Crippen LogP contribution in [0.2, 0.25) is 0 Å². The van der Waals surface area contributed by atoms with Crippen LogP contribution in [0.15, 0.2) is 54.6 Å². The van der Waals surface area contributed by atoms with Crippen molar-refractivity contribution in [3.8, 4) is 6.07 Å². The third kappa shape index (κ3) is 4.60. The zero-order valence-corrected chi connectivity index (χ0v) is 18.3. The van der Waals surface area contributed by atoms with Crippen LogP contribution in [-0.2, 0) is 27.4 Å². The van der Waals surface area contributed by atoms with E-state index in [0.717, 1.165) is 16.8 Å². The number of nitrogens with zero attached hydrogens (tertiary/aromatic N) is 5. The zero-order valence-electron chi connectivity index (χ0n) is 18.3. The fourth-order valence-electron chi connectivity index (χ4n) is 3.61. The van der Waals surface area contributed by atoms with E-state index < -0.39 is 18.5 Å². The molecule has 0 saturated heterocycles. The second-order valence-electron chi connectivity index (χ2n) is 7.56. The summed E-state index contributed by atoms with van der Waals surface area (Å²) in [5.41, 5.74) is 4.44. The molecule has 33 heavy (non-hydrogen) atoms. The van der Waals surface area contributed by atoms with E-state index in [1.165, 1.54) is 4.68 Å². The highest BCUT2D eigenvalue weighted by atomic mass is 16.5. The molecule has 2 heterocycles. The highest BCUT2D eigenvalue weighted by Crippen LogP contribution is 2.27. The van der Waals surface area contributed by atoms with E-state index >= 15 is 0 Å². The van der Waals surface area contributed by atoms with Gasteiger partial charge in [0.2, 0.25) is 0 Å². The van der Waals surface area contributed by atoms with E-state index in [4.69, 9.17) is 4.74 Å². The van der Waals surface area contributed by atoms with Gasteiger partial charge in [-0.25, -0.2) is 4.68 Å². The normalized spacial score (nSPS) is 10.7. The van der Waals surface area contributed by atoms with Crippen LogP contribution < -0.4 is 5.32 Å². The fraction of sp³-hybridized carbons (Fsp3) is 0.208. The Morgan fingerprint density at radius 3 is 2.58 bits per heavy atom. The van der Waals surface area contributed by atoms with E-state index in [1.807, 2.05) is 60.9 Å². The first kappa shape index (κ1) is 21.8. The minimum atomic E-state index is -0.617. The number of aromatic nitrogens is 4. The number of carbonyl (C=O) groups is 2. The summed E-state index contributed by atoms with van der Waals surface area (Å²) in [7, 11) is 0. The molecule has 166 valence electrons. The molecule has 0 bridgehead atoms. The lowest BCUT2D eigenvalue weighted by Crippen LogP contribution is -2.25. The van der Waals surface area contributed by atoms with E-state index in [-0.39, 0.29) is 6.54 Å². The monoisotopic (exact) mass is 442 g/mol. The second-order valence-corrected chi connectivity index (χ2v) is 7.56. The van der Waals surface area contributed by atoms with Crippen molar-refractivity contribution in [2.24, 2.45) is 0 Å². The number of carbonyl (C=O) groups excluding carboxylic acids is 2. The maximum Gasteiger partial charge on any atom is 0.328 e. The standard InChI is InChI=1S/C24H22N6O3/c1-16-17(2)29(13-18-8-4-3-5-9-18)24(19(16)12-25)26-22(31)15-33-23(32)14-30-21-11-7-6-10-20(21)27-28-30/h3-11H,13-15H2,1-2H3,(H,26,31). The van der Waals surface area contributed by atoms with Gasteiger partial charge in [-0.15, -0.1) is 5.10 Å². The molecule has 0 aliphatic rings. The van der Waals surface area contributed by atoms with Crippen molar-refractivity contribution < 1.29 is 14.3 Å². The predicted octanol–water partition coefficient (Wildman–Crippen LogP) is 2.95. The van der Waals surface area contributed by atoms with Gasteiger partial charge in [0.1, 0.15) is 23.9 Å². The topological polar surface area (TPSA) is 115 Å². The first-order valence-electron chi connectivity index (χ1n) is 10.4. The fourth-order valence-corrected chi connectivity index (χ4v) is 3.61. The molecule has 1 N–H and O–H groups in total. The number of hydrogen-bond acceptors (Lipinski definition) is 6. The summed E-state index contributed by atoms with van der Waals surface area (Å²) < 4.78 is 8.43. The quantitative estimate of drug-likeness (QED) is 0.440. The highest BCUT2D eigenvalue weighted by Gasteiger charge is 2.20. The first-order chi connectivity index (χ1) is 16.0. The summed E-state index contributed by atoms with van der Waals surface area (Å²) in [6.45, 7) is 3.58. The number of nitrogens with one attached hydrogen (secondary N) is 1. The molecule has 0 atom stereocenters. The molecule has 0 fully saturated rings. The third-order valence-electron chi connectivity index (χ3n) is 5.45. The molecule has 2 aromatic heterocycles. The Bertz CT molecular complexity index is 1360. The minimum Gasteiger partial charge on any atom is -0.454 e. The second kappa shape index (κ2) is 9.36. The lowest BCUT2D eigenvalue weighted by atomic mass is 10.2. The van der Waals surface area contributed by atoms with Crippen LogP contribution in [0, 0.1) is 25.2 Å². The number of esters is 1. The number of anilines is 1. The number of ether oxygens (including phenoxy) is 1. The Kier molecular flexibility index (Phi) is 6.17. The number of amides is 1. The number of para-hydroxylation sites is 1. The summed E-state index contributed by atoms with van der Waals surface area (Å²) in [5.74, 6) is -0.761. The predicted molar refractivity (Wildman–Crippen MR) is 121 cm³/mol. The van der Waals surface area contributed by atoms with Gasteiger partial charge >= 0.3 is 5.97 Å². The average molecular weight is 442 g/mol. The van der Waals surface area contributed by atoms with E-state index in [2.05, 4.69) is 21.7 Å². The van der Waals surface area contributed by atoms with Crippen LogP contribution in [0.1, 0.15) is 22.4 Å². The maximum atomic E-state index is 12.6. The van der Waals surface area contributed by atoms with E-state index in [1.54, 1.807) is 12.1 Å². The van der Waals surface area contributed by atoms with Crippen molar-refractivity contribution in [2.75, 3.05) is 11.9 Å². The number of benzene rings is 2. The molecule has 0 aliphatic carbocycles.